The van der Waals surface area contributed by atoms with Crippen LogP contribution in [0.25, 0.3) is 0 Å². The summed E-state index contributed by atoms with van der Waals surface area (Å²) in [5.74, 6) is 0.232. The van der Waals surface area contributed by atoms with Crippen LogP contribution in [0.4, 0.5) is 0 Å². The van der Waals surface area contributed by atoms with E-state index in [1.165, 1.54) is 11.3 Å². The first kappa shape index (κ1) is 14.5. The highest BCUT2D eigenvalue weighted by atomic mass is 32.1. The molecule has 0 saturated carbocycles. The van der Waals surface area contributed by atoms with E-state index >= 15 is 0 Å². The van der Waals surface area contributed by atoms with Crippen molar-refractivity contribution >= 4 is 23.2 Å². The number of amides is 2. The van der Waals surface area contributed by atoms with Crippen molar-refractivity contribution in [2.45, 2.75) is 38.6 Å². The summed E-state index contributed by atoms with van der Waals surface area (Å²) < 4.78 is 0. The molecule has 1 atom stereocenters. The molecule has 5 nitrogen and oxygen atoms in total. The van der Waals surface area contributed by atoms with Crippen molar-refractivity contribution in [3.8, 4) is 0 Å². The van der Waals surface area contributed by atoms with Crippen LogP contribution in [0.2, 0.25) is 0 Å². The summed E-state index contributed by atoms with van der Waals surface area (Å²) in [6.07, 6.45) is 2.94. The Morgan fingerprint density at radius 3 is 2.81 bits per heavy atom. The Hall–Kier alpha value is -1.43. The molecular formula is C15H21N3O2S. The van der Waals surface area contributed by atoms with Gasteiger partial charge in [-0.1, -0.05) is 13.8 Å². The molecule has 0 bridgehead atoms. The summed E-state index contributed by atoms with van der Waals surface area (Å²) in [5.41, 5.74) is 2.08. The van der Waals surface area contributed by atoms with Gasteiger partial charge in [0.25, 0.3) is 5.91 Å². The topological polar surface area (TPSA) is 53.5 Å². The summed E-state index contributed by atoms with van der Waals surface area (Å²) in [4.78, 5) is 32.8. The maximum absolute atomic E-state index is 12.4. The molecular weight excluding hydrogens is 286 g/mol. The second-order valence-corrected chi connectivity index (χ2v) is 7.04. The lowest BCUT2D eigenvalue weighted by Gasteiger charge is -2.36. The smallest absolute Gasteiger partial charge is 0.273 e. The van der Waals surface area contributed by atoms with Crippen LogP contribution < -0.4 is 0 Å². The van der Waals surface area contributed by atoms with Crippen LogP contribution in [0, 0.1) is 5.92 Å². The van der Waals surface area contributed by atoms with Crippen LogP contribution in [0.1, 0.15) is 43.6 Å². The third-order valence-corrected chi connectivity index (χ3v) is 5.21. The predicted octanol–water partition coefficient (Wildman–Crippen LogP) is 2.01. The Morgan fingerprint density at radius 2 is 2.14 bits per heavy atom. The highest BCUT2D eigenvalue weighted by Gasteiger charge is 2.49. The maximum Gasteiger partial charge on any atom is 0.273 e. The van der Waals surface area contributed by atoms with E-state index in [1.807, 2.05) is 23.6 Å². The fourth-order valence-electron chi connectivity index (χ4n) is 3.53. The van der Waals surface area contributed by atoms with E-state index < -0.39 is 0 Å². The molecule has 21 heavy (non-hydrogen) atoms. The number of hydrogen-bond donors (Lipinski definition) is 0. The summed E-state index contributed by atoms with van der Waals surface area (Å²) in [6.45, 7) is 6.10. The summed E-state index contributed by atoms with van der Waals surface area (Å²) in [5, 5.41) is 1.79. The summed E-state index contributed by atoms with van der Waals surface area (Å²) >= 11 is 1.44. The molecule has 2 fully saturated rings. The van der Waals surface area contributed by atoms with Gasteiger partial charge >= 0.3 is 0 Å². The van der Waals surface area contributed by atoms with Crippen molar-refractivity contribution < 1.29 is 9.59 Å². The van der Waals surface area contributed by atoms with Gasteiger partial charge in [-0.05, 0) is 19.3 Å². The van der Waals surface area contributed by atoms with Gasteiger partial charge in [-0.2, -0.15) is 0 Å². The second kappa shape index (κ2) is 5.40. The molecule has 0 N–H and O–H groups in total. The molecule has 2 aliphatic heterocycles. The first-order chi connectivity index (χ1) is 10.0. The van der Waals surface area contributed by atoms with Gasteiger partial charge in [-0.25, -0.2) is 4.98 Å². The molecule has 1 aromatic rings. The minimum absolute atomic E-state index is 0.00280. The van der Waals surface area contributed by atoms with E-state index in [-0.39, 0.29) is 23.3 Å². The number of rotatable bonds is 2. The van der Waals surface area contributed by atoms with Crippen LogP contribution >= 0.6 is 11.3 Å². The van der Waals surface area contributed by atoms with E-state index in [4.69, 9.17) is 0 Å². The van der Waals surface area contributed by atoms with Crippen molar-refractivity contribution in [2.24, 2.45) is 5.92 Å². The van der Waals surface area contributed by atoms with E-state index in [9.17, 15) is 9.59 Å². The molecule has 2 saturated heterocycles. The molecule has 1 aromatic heterocycles. The SMILES string of the molecule is CC(C)C(=O)N1CCC[C@]12CCN(C(=O)c1cscn1)C2. The normalized spacial score (nSPS) is 25.3. The van der Waals surface area contributed by atoms with Crippen molar-refractivity contribution in [1.29, 1.82) is 0 Å². The molecule has 0 unspecified atom stereocenters. The third kappa shape index (κ3) is 2.46. The Bertz CT molecular complexity index is 543. The van der Waals surface area contributed by atoms with Gasteiger partial charge in [0, 0.05) is 30.9 Å². The van der Waals surface area contributed by atoms with Gasteiger partial charge < -0.3 is 9.80 Å². The quantitative estimate of drug-likeness (QED) is 0.840. The molecule has 0 aromatic carbocycles. The van der Waals surface area contributed by atoms with Crippen LogP contribution in [0.3, 0.4) is 0 Å². The highest BCUT2D eigenvalue weighted by molar-refractivity contribution is 7.07. The Kier molecular flexibility index (Phi) is 3.73. The second-order valence-electron chi connectivity index (χ2n) is 6.32. The predicted molar refractivity (Wildman–Crippen MR) is 81.2 cm³/mol. The first-order valence-corrected chi connectivity index (χ1v) is 8.47. The number of hydrogen-bond acceptors (Lipinski definition) is 4. The van der Waals surface area contributed by atoms with E-state index in [2.05, 4.69) is 4.98 Å². The van der Waals surface area contributed by atoms with Crippen LogP contribution in [0.15, 0.2) is 10.9 Å². The molecule has 6 heteroatoms. The summed E-state index contributed by atoms with van der Waals surface area (Å²) in [6, 6.07) is 0. The standard InChI is InChI=1S/C15H21N3O2S/c1-11(2)13(19)18-6-3-4-15(18)5-7-17(9-15)14(20)12-8-21-10-16-12/h8,10-11H,3-7,9H2,1-2H3/t15-/m1/s1. The number of aromatic nitrogens is 1. The van der Waals surface area contributed by atoms with E-state index in [0.717, 1.165) is 32.4 Å². The number of carbonyl (C=O) groups excluding carboxylic acids is 2. The maximum atomic E-state index is 12.4. The lowest BCUT2D eigenvalue weighted by molar-refractivity contribution is -0.138. The molecule has 114 valence electrons. The third-order valence-electron chi connectivity index (χ3n) is 4.63. The number of likely N-dealkylation sites (tertiary alicyclic amines) is 2. The molecule has 3 rings (SSSR count). The van der Waals surface area contributed by atoms with Gasteiger partial charge in [0.1, 0.15) is 5.69 Å². The average Bonchev–Trinajstić information content (AvgIpc) is 3.19. The first-order valence-electron chi connectivity index (χ1n) is 7.52. The monoisotopic (exact) mass is 307 g/mol. The zero-order valence-corrected chi connectivity index (χ0v) is 13.4. The van der Waals surface area contributed by atoms with Gasteiger partial charge in [0.2, 0.25) is 5.91 Å². The van der Waals surface area contributed by atoms with Crippen molar-refractivity contribution in [3.05, 3.63) is 16.6 Å². The van der Waals surface area contributed by atoms with E-state index in [1.54, 1.807) is 10.9 Å². The van der Waals surface area contributed by atoms with E-state index in [0.29, 0.717) is 12.2 Å². The number of carbonyl (C=O) groups is 2. The Labute approximate surface area is 129 Å². The molecule has 0 radical (unpaired) electrons. The zero-order valence-electron chi connectivity index (χ0n) is 12.5. The highest BCUT2D eigenvalue weighted by Crippen LogP contribution is 2.38. The van der Waals surface area contributed by atoms with Crippen LogP contribution in [-0.4, -0.2) is 51.8 Å². The molecule has 2 aliphatic rings. The van der Waals surface area contributed by atoms with Gasteiger partial charge in [-0.3, -0.25) is 9.59 Å². The Balaban J connectivity index is 1.76. The van der Waals surface area contributed by atoms with Crippen molar-refractivity contribution in [2.75, 3.05) is 19.6 Å². The van der Waals surface area contributed by atoms with Crippen molar-refractivity contribution in [1.82, 2.24) is 14.8 Å². The summed E-state index contributed by atoms with van der Waals surface area (Å²) in [7, 11) is 0. The average molecular weight is 307 g/mol. The van der Waals surface area contributed by atoms with Crippen LogP contribution in [-0.2, 0) is 4.79 Å². The van der Waals surface area contributed by atoms with Gasteiger partial charge in [-0.15, -0.1) is 11.3 Å². The molecule has 3 heterocycles. The number of nitrogens with zero attached hydrogens (tertiary/aromatic N) is 3. The lowest BCUT2D eigenvalue weighted by Crippen LogP contribution is -2.51. The van der Waals surface area contributed by atoms with Gasteiger partial charge in [0.05, 0.1) is 11.0 Å². The lowest BCUT2D eigenvalue weighted by atomic mass is 9.94. The zero-order chi connectivity index (χ0) is 15.0. The molecule has 1 spiro atoms. The van der Waals surface area contributed by atoms with Crippen molar-refractivity contribution in [3.63, 3.8) is 0 Å². The Morgan fingerprint density at radius 1 is 1.33 bits per heavy atom. The van der Waals surface area contributed by atoms with Crippen LogP contribution in [0.5, 0.6) is 0 Å². The van der Waals surface area contributed by atoms with Gasteiger partial charge in [0.15, 0.2) is 0 Å². The minimum Gasteiger partial charge on any atom is -0.335 e. The fraction of sp³-hybridized carbons (Fsp3) is 0.667. The molecule has 0 aliphatic carbocycles. The molecule has 2 amide bonds. The minimum atomic E-state index is -0.132. The fourth-order valence-corrected chi connectivity index (χ4v) is 4.05. The number of thiazole rings is 1. The largest absolute Gasteiger partial charge is 0.335 e.